The molecule has 0 saturated carbocycles. The van der Waals surface area contributed by atoms with E-state index < -0.39 is 0 Å². The zero-order valence-corrected chi connectivity index (χ0v) is 80.9. The van der Waals surface area contributed by atoms with Crippen LogP contribution in [0.25, 0.3) is 10.1 Å². The quantitative estimate of drug-likeness (QED) is 0.184. The van der Waals surface area contributed by atoms with Gasteiger partial charge in [0.1, 0.15) is 24.8 Å². The average molecular weight is 1670 g/mol. The molecule has 0 saturated heterocycles. The maximum Gasteiger partial charge on any atom is 0.231 e. The molecule has 0 fully saturated rings. The third-order valence-corrected chi connectivity index (χ3v) is 18.3. The van der Waals surface area contributed by atoms with Crippen molar-refractivity contribution < 1.29 is 42.3 Å². The summed E-state index contributed by atoms with van der Waals surface area (Å²) in [6, 6.07) is 62.0. The van der Waals surface area contributed by atoms with Crippen LogP contribution in [-0.4, -0.2) is 51.2 Å². The summed E-state index contributed by atoms with van der Waals surface area (Å²) in [4.78, 5) is 16.1. The van der Waals surface area contributed by atoms with Crippen LogP contribution in [0.5, 0.6) is 40.2 Å². The number of hydrogen-bond donors (Lipinski definition) is 1. The highest BCUT2D eigenvalue weighted by Gasteiger charge is 2.36. The fraction of sp³-hybridized carbons (Fsp3) is 0.491. The van der Waals surface area contributed by atoms with Crippen molar-refractivity contribution in [2.24, 2.45) is 35.5 Å². The molecule has 1 aliphatic carbocycles. The molecule has 10 aromatic rings. The van der Waals surface area contributed by atoms with Crippen molar-refractivity contribution in [2.45, 2.75) is 268 Å². The first-order valence-electron chi connectivity index (χ1n) is 43.3. The standard InChI is InChI=1S/C14H20.C11H16O.C11H12S.C10H13F.C9H9NO.C9H10O2.C8H8O2.C7H6O2.6C4H10.C3H3NS/c1-13(2)9-10-14(3,4)12-8-6-5-7-11(12)13;1-8(2)11-7-10(12-4)6-5-9(11)3;1-8(2)11-7-9-5-3-4-6-10(9)12-11;1-7(2)10-6-9(11)5-4-8(10)3;11-9-6-5-7-3-1-2-4-8(7)10-9;1-2-5-9-8(4-1)10-6-3-7-11-9;1-2-4-8-7(3-1)9-5-6-10-8;1-2-4-7-6(3-1)8-5-9-7;6*1-4(2)3;1-2-5-3-4-1/h5-8H,9-10H2,1-4H3;5-8H,1-4H3;3-8H,1-2H3;4-7H,1-3H3;1-4H,5-6H2,(H,10,11);1-2,4-5H,3,6-7H2;1-4H,5-6H2;1-4H,5H2;6*4H,1-3H3;1-3H. The number of nitrogens with zero attached hydrogens (tertiary/aromatic N) is 1. The van der Waals surface area contributed by atoms with Crippen LogP contribution in [0, 0.1) is 55.2 Å². The first kappa shape index (κ1) is 108. The monoisotopic (exact) mass is 1670 g/mol. The number of halogens is 1. The van der Waals surface area contributed by atoms with Crippen molar-refractivity contribution in [1.29, 1.82) is 0 Å². The number of amides is 1. The minimum absolute atomic E-state index is 0.128. The lowest BCUT2D eigenvalue weighted by Gasteiger charge is -2.41. The number of rotatable bonds is 4. The van der Waals surface area contributed by atoms with Crippen molar-refractivity contribution in [3.8, 4) is 40.2 Å². The summed E-state index contributed by atoms with van der Waals surface area (Å²) in [5.41, 5.74) is 12.8. The van der Waals surface area contributed by atoms with Gasteiger partial charge in [-0.1, -0.05) is 303 Å². The first-order valence-corrected chi connectivity index (χ1v) is 45.1. The number of aryl methyl sites for hydroxylation is 3. The molecular formula is C106H157FN2O8S2. The first-order chi connectivity index (χ1) is 56.1. The molecule has 2 aromatic heterocycles. The van der Waals surface area contributed by atoms with Crippen molar-refractivity contribution in [2.75, 3.05) is 45.6 Å². The molecular weight excluding hydrogens is 1510 g/mol. The Bertz CT molecular complexity index is 4030. The number of thiazole rings is 1. The molecule has 5 aliphatic rings. The maximum atomic E-state index is 12.7. The zero-order chi connectivity index (χ0) is 89.6. The van der Waals surface area contributed by atoms with Gasteiger partial charge in [0, 0.05) is 39.7 Å². The Kier molecular flexibility index (Phi) is 55.3. The number of methoxy groups -OCH3 is 1. The second-order valence-corrected chi connectivity index (χ2v) is 37.8. The van der Waals surface area contributed by atoms with E-state index in [-0.39, 0.29) is 11.7 Å². The van der Waals surface area contributed by atoms with Crippen LogP contribution < -0.4 is 38.5 Å². The third kappa shape index (κ3) is 49.6. The molecule has 13 heteroatoms. The molecule has 4 aliphatic heterocycles. The van der Waals surface area contributed by atoms with E-state index >= 15 is 0 Å². The summed E-state index contributed by atoms with van der Waals surface area (Å²) in [7, 11) is 1.70. The van der Waals surface area contributed by atoms with Gasteiger partial charge in [0.25, 0.3) is 0 Å². The molecule has 15 rings (SSSR count). The number of aromatic nitrogens is 1. The topological polar surface area (TPSA) is 107 Å². The molecule has 0 spiro atoms. The van der Waals surface area contributed by atoms with E-state index in [1.165, 1.54) is 56.1 Å². The van der Waals surface area contributed by atoms with Crippen molar-refractivity contribution in [3.63, 3.8) is 0 Å². The number of hydrogen-bond acceptors (Lipinski definition) is 11. The fourth-order valence-electron chi connectivity index (χ4n) is 10.9. The summed E-state index contributed by atoms with van der Waals surface area (Å²) < 4.78 is 50.9. The number of anilines is 1. The zero-order valence-electron chi connectivity index (χ0n) is 79.3. The highest BCUT2D eigenvalue weighted by Crippen LogP contribution is 2.45. The van der Waals surface area contributed by atoms with Gasteiger partial charge in [-0.25, -0.2) is 4.39 Å². The SMILES string of the molecule is CC(C)C.CC(C)C.CC(C)C.CC(C)C.CC(C)C.CC(C)C.CC(C)c1cc2ccccc2s1.CC1(C)CCC(C)(C)c2ccccc21.COc1ccc(C)c(C(C)C)c1.Cc1ccc(F)cc1C(C)C.O=C1CCc2ccccc2N1.c1ccc2c(c1)OCCCO2.c1ccc2c(c1)OCCO2.c1ccc2c(c1)OCO2.c1cscn1. The van der Waals surface area contributed by atoms with Gasteiger partial charge in [-0.2, -0.15) is 0 Å². The van der Waals surface area contributed by atoms with E-state index in [9.17, 15) is 9.18 Å². The van der Waals surface area contributed by atoms with E-state index in [0.717, 1.165) is 113 Å². The Morgan fingerprint density at radius 2 is 0.807 bits per heavy atom. The third-order valence-electron chi connectivity index (χ3n) is 16.4. The highest BCUT2D eigenvalue weighted by molar-refractivity contribution is 7.19. The number of fused-ring (bicyclic) bond motifs is 6. The van der Waals surface area contributed by atoms with E-state index in [1.807, 2.05) is 127 Å². The number of carbonyl (C=O) groups excluding carboxylic acids is 1. The highest BCUT2D eigenvalue weighted by atomic mass is 32.1. The predicted molar refractivity (Wildman–Crippen MR) is 515 cm³/mol. The number of para-hydroxylation sites is 7. The molecule has 0 bridgehead atoms. The molecule has 658 valence electrons. The van der Waals surface area contributed by atoms with Crippen LogP contribution in [-0.2, 0) is 22.0 Å². The van der Waals surface area contributed by atoms with Gasteiger partial charge in [-0.05, 0) is 220 Å². The van der Waals surface area contributed by atoms with Crippen molar-refractivity contribution in [1.82, 2.24) is 4.98 Å². The number of ether oxygens (including phenoxy) is 7. The average Bonchev–Trinajstić information content (AvgIpc) is 1.37. The van der Waals surface area contributed by atoms with Crippen LogP contribution >= 0.6 is 22.7 Å². The van der Waals surface area contributed by atoms with Crippen LogP contribution in [0.3, 0.4) is 0 Å². The Morgan fingerprint density at radius 3 is 1.18 bits per heavy atom. The van der Waals surface area contributed by atoms with Gasteiger partial charge in [0.05, 0.1) is 25.8 Å². The molecule has 0 atom stereocenters. The normalized spacial score (nSPS) is 13.2. The largest absolute Gasteiger partial charge is 0.497 e. The summed E-state index contributed by atoms with van der Waals surface area (Å²) in [6.45, 7) is 68.8. The number of thiophene rings is 1. The van der Waals surface area contributed by atoms with Crippen molar-refractivity contribution in [3.05, 3.63) is 255 Å². The Morgan fingerprint density at radius 1 is 0.429 bits per heavy atom. The molecule has 6 heterocycles. The van der Waals surface area contributed by atoms with Crippen LogP contribution in [0.15, 0.2) is 205 Å². The molecule has 0 radical (unpaired) electrons. The van der Waals surface area contributed by atoms with Crippen LogP contribution in [0.1, 0.15) is 281 Å². The molecule has 8 aromatic carbocycles. The minimum atomic E-state index is -0.140. The van der Waals surface area contributed by atoms with E-state index in [0.29, 0.717) is 55.0 Å². The van der Waals surface area contributed by atoms with Gasteiger partial charge in [-0.15, -0.1) is 22.7 Å². The lowest BCUT2D eigenvalue weighted by atomic mass is 9.63. The molecule has 0 unspecified atom stereocenters. The Hall–Kier alpha value is -8.65. The summed E-state index contributed by atoms with van der Waals surface area (Å²) >= 11 is 3.51. The van der Waals surface area contributed by atoms with Gasteiger partial charge < -0.3 is 38.5 Å². The summed E-state index contributed by atoms with van der Waals surface area (Å²) in [6.07, 6.45) is 6.84. The second-order valence-electron chi connectivity index (χ2n) is 36.0. The number of nitrogens with one attached hydrogen (secondary N) is 1. The fourth-order valence-corrected chi connectivity index (χ4v) is 12.3. The summed E-state index contributed by atoms with van der Waals surface area (Å²) in [5, 5.41) is 6.13. The molecule has 119 heavy (non-hydrogen) atoms. The Balaban J connectivity index is 0.000000650. The lowest BCUT2D eigenvalue weighted by molar-refractivity contribution is -0.116. The number of carbonyl (C=O) groups is 1. The minimum Gasteiger partial charge on any atom is -0.497 e. The second kappa shape index (κ2) is 60.8. The smallest absolute Gasteiger partial charge is 0.231 e. The lowest BCUT2D eigenvalue weighted by Crippen LogP contribution is -2.33. The maximum absolute atomic E-state index is 12.7. The van der Waals surface area contributed by atoms with Gasteiger partial charge in [0.15, 0.2) is 34.5 Å². The van der Waals surface area contributed by atoms with Gasteiger partial charge in [0.2, 0.25) is 12.7 Å². The summed E-state index contributed by atoms with van der Waals surface area (Å²) in [5.74, 6) is 12.7. The molecule has 10 nitrogen and oxygen atoms in total. The van der Waals surface area contributed by atoms with E-state index in [4.69, 9.17) is 33.2 Å². The van der Waals surface area contributed by atoms with Gasteiger partial charge >= 0.3 is 0 Å². The van der Waals surface area contributed by atoms with Crippen LogP contribution in [0.4, 0.5) is 10.1 Å². The van der Waals surface area contributed by atoms with Gasteiger partial charge in [-0.3, -0.25) is 9.78 Å². The van der Waals surface area contributed by atoms with Crippen LogP contribution in [0.2, 0.25) is 0 Å². The number of benzene rings is 8. The van der Waals surface area contributed by atoms with E-state index in [2.05, 4.69) is 284 Å². The molecule has 1 amide bonds. The van der Waals surface area contributed by atoms with Crippen molar-refractivity contribution >= 4 is 44.4 Å². The predicted octanol–water partition coefficient (Wildman–Crippen LogP) is 31.9. The molecule has 1 N–H and O–H groups in total. The Labute approximate surface area is 731 Å². The van der Waals surface area contributed by atoms with E-state index in [1.54, 1.807) is 47.3 Å².